The number of carbonyl (C=O) groups is 4. The van der Waals surface area contributed by atoms with E-state index in [4.69, 9.17) is 28.8 Å². The highest BCUT2D eigenvalue weighted by Gasteiger charge is 2.30. The highest BCUT2D eigenvalue weighted by atomic mass is 16.5. The number of imidazole rings is 4. The van der Waals surface area contributed by atoms with Crippen LogP contribution in [0.5, 0.6) is 23.0 Å². The average molecular weight is 1730 g/mol. The molecule has 8 aromatic heterocycles. The summed E-state index contributed by atoms with van der Waals surface area (Å²) in [5.41, 5.74) is 14.9. The van der Waals surface area contributed by atoms with E-state index in [1.807, 2.05) is 219 Å². The van der Waals surface area contributed by atoms with Gasteiger partial charge < -0.3 is 78.9 Å². The third-order valence-electron chi connectivity index (χ3n) is 20.8. The second-order valence-electron chi connectivity index (χ2n) is 30.4. The summed E-state index contributed by atoms with van der Waals surface area (Å²) in [6.45, 7) is 20.4. The molecule has 16 rings (SSSR count). The Morgan fingerprint density at radius 3 is 1.04 bits per heavy atom. The first-order chi connectivity index (χ1) is 61.7. The SMILES string of the molecule is CCOC(=O)C(C)(C)Cc1cccc(-c2ccc(-c3nc4nc[nH]c4c(=O)[nH]3)c(OCC)c2)c1.CCOc1cc(-c2cccc(/C=C(\C)C(=O)O)c2)ccc1-c1nc2nc[nH]c2c(=O)[nH]1.CCOc1cc(-c2cccc(CC(C)C(=O)O)c2)ccc1-c1nc2nc[nH]c2c(=O)[nH]1.CCOc1cc(-c2cccc(CC(CC)C(=O)O)c2)ccc1-c1nc2nc[nH]c2c(=O)[nH]1. The smallest absolute Gasteiger partial charge is 0.331 e. The third kappa shape index (κ3) is 21.2. The van der Waals surface area contributed by atoms with Crippen LogP contribution in [-0.4, -0.2) is 152 Å². The van der Waals surface area contributed by atoms with Gasteiger partial charge in [0.15, 0.2) is 44.7 Å². The summed E-state index contributed by atoms with van der Waals surface area (Å²) in [5.74, 6) is 0.237. The van der Waals surface area contributed by atoms with Gasteiger partial charge in [0.05, 0.1) is 97.8 Å². The number of nitrogens with one attached hydrogen (secondary N) is 8. The summed E-state index contributed by atoms with van der Waals surface area (Å²) in [6, 6.07) is 54.0. The van der Waals surface area contributed by atoms with Gasteiger partial charge in [-0.15, -0.1) is 0 Å². The second-order valence-corrected chi connectivity index (χ2v) is 30.4. The molecule has 0 saturated carbocycles. The van der Waals surface area contributed by atoms with E-state index < -0.39 is 35.2 Å². The standard InChI is InChI=1S/C26H28N4O4.C24H24N4O4.C23H22N4O4.C23H20N4O4/c1-5-33-20-13-18(10-11-19(20)22-29-23-21(24(31)30-22)27-15-28-23)17-9-7-8-16(12-17)14-26(3,4)25(32)34-6-2;1-3-15(24(30)31)10-14-6-5-7-16(11-14)17-8-9-18(19(12-17)32-4-2)21-27-22-20(23(29)28-21)25-13-26-22;2*1-3-31-18-11-16(15-6-4-5-14(10-15)9-13(2)23(29)30)7-8-17(18)20-26-21-19(22(28)27-20)24-12-25-21/h7-13,15H,5-6,14H2,1-4H3,(H2,27,28,29,30,31);5-9,11-13,15H,3-4,10H2,1-2H3,(H,30,31)(H2,25,26,27,28,29);4-8,10-13H,3,9H2,1-2H3,(H,29,30)(H2,24,25,26,27,28);4-12H,3H2,1-2H3,(H,29,30)(H2,24,25,26,27,28)/b;;;13-9+. The van der Waals surface area contributed by atoms with Crippen molar-refractivity contribution < 1.29 is 58.2 Å². The Labute approximate surface area is 731 Å². The van der Waals surface area contributed by atoms with Gasteiger partial charge in [-0.3, -0.25) is 33.6 Å². The summed E-state index contributed by atoms with van der Waals surface area (Å²) in [7, 11) is 0. The number of nitrogens with zero attached hydrogens (tertiary/aromatic N) is 8. The van der Waals surface area contributed by atoms with Crippen molar-refractivity contribution in [2.75, 3.05) is 33.0 Å². The fourth-order valence-corrected chi connectivity index (χ4v) is 14.3. The average Bonchev–Trinajstić information content (AvgIpc) is 1.49. The quantitative estimate of drug-likeness (QED) is 0.0153. The topological polar surface area (TPSA) is 473 Å². The monoisotopic (exact) mass is 1730 g/mol. The molecule has 2 unspecified atom stereocenters. The molecule has 128 heavy (non-hydrogen) atoms. The molecular weight excluding hydrogens is 1630 g/mol. The van der Waals surface area contributed by atoms with Crippen LogP contribution < -0.4 is 41.2 Å². The zero-order valence-electron chi connectivity index (χ0n) is 71.8. The molecule has 0 fully saturated rings. The maximum Gasteiger partial charge on any atom is 0.331 e. The fourth-order valence-electron chi connectivity index (χ4n) is 14.3. The van der Waals surface area contributed by atoms with Crippen LogP contribution in [0.4, 0.5) is 0 Å². The number of ether oxygens (including phenoxy) is 5. The van der Waals surface area contributed by atoms with Gasteiger partial charge >= 0.3 is 23.9 Å². The van der Waals surface area contributed by atoms with Crippen molar-refractivity contribution in [1.29, 1.82) is 0 Å². The number of esters is 1. The van der Waals surface area contributed by atoms with Crippen LogP contribution >= 0.6 is 0 Å². The lowest BCUT2D eigenvalue weighted by Crippen LogP contribution is -2.29. The van der Waals surface area contributed by atoms with Crippen LogP contribution in [0.1, 0.15) is 97.9 Å². The molecule has 16 aromatic rings. The van der Waals surface area contributed by atoms with Crippen molar-refractivity contribution in [3.63, 3.8) is 0 Å². The van der Waals surface area contributed by atoms with E-state index in [1.54, 1.807) is 19.9 Å². The maximum absolute atomic E-state index is 12.4. The third-order valence-corrected chi connectivity index (χ3v) is 20.8. The number of fused-ring (bicyclic) bond motifs is 4. The summed E-state index contributed by atoms with van der Waals surface area (Å²) >= 11 is 0. The number of H-pyrrole nitrogens is 8. The highest BCUT2D eigenvalue weighted by molar-refractivity contribution is 5.92. The van der Waals surface area contributed by atoms with Crippen LogP contribution in [0.15, 0.2) is 220 Å². The van der Waals surface area contributed by atoms with Crippen LogP contribution in [0, 0.1) is 17.3 Å². The Hall–Kier alpha value is -16.0. The molecule has 0 saturated heterocycles. The predicted molar refractivity (Wildman–Crippen MR) is 487 cm³/mol. The van der Waals surface area contributed by atoms with Gasteiger partial charge in [0.1, 0.15) is 46.3 Å². The minimum Gasteiger partial charge on any atom is -0.493 e. The number of benzene rings is 8. The molecule has 0 aliphatic heterocycles. The number of hydrogen-bond acceptors (Lipinski definition) is 21. The number of carboxylic acid groups (broad SMARTS) is 3. The van der Waals surface area contributed by atoms with E-state index >= 15 is 0 Å². The van der Waals surface area contributed by atoms with Gasteiger partial charge in [0.2, 0.25) is 0 Å². The molecule has 32 nitrogen and oxygen atoms in total. The summed E-state index contributed by atoms with van der Waals surface area (Å²) in [6.07, 6.45) is 9.43. The number of carbonyl (C=O) groups excluding carboxylic acids is 1. The van der Waals surface area contributed by atoms with Gasteiger partial charge in [-0.2, -0.15) is 0 Å². The van der Waals surface area contributed by atoms with Crippen molar-refractivity contribution >= 4 is 74.6 Å². The van der Waals surface area contributed by atoms with E-state index in [0.717, 1.165) is 66.8 Å². The number of aromatic amines is 8. The maximum atomic E-state index is 12.4. The summed E-state index contributed by atoms with van der Waals surface area (Å²) < 4.78 is 28.7. The lowest BCUT2D eigenvalue weighted by molar-refractivity contribution is -0.153. The highest BCUT2D eigenvalue weighted by Crippen LogP contribution is 2.39. The van der Waals surface area contributed by atoms with Gasteiger partial charge in [-0.05, 0) is 209 Å². The number of hydrogen-bond donors (Lipinski definition) is 11. The molecule has 8 heterocycles. The molecule has 0 amide bonds. The lowest BCUT2D eigenvalue weighted by Gasteiger charge is -2.22. The van der Waals surface area contributed by atoms with Gasteiger partial charge in [-0.1, -0.05) is 129 Å². The molecule has 2 atom stereocenters. The Morgan fingerprint density at radius 2 is 0.719 bits per heavy atom. The fraction of sp³-hybridized carbons (Fsp3) is 0.229. The van der Waals surface area contributed by atoms with Gasteiger partial charge in [0, 0.05) is 5.57 Å². The first kappa shape index (κ1) is 89.7. The minimum absolute atomic E-state index is 0.209. The largest absolute Gasteiger partial charge is 0.493 e. The molecule has 654 valence electrons. The molecule has 11 N–H and O–H groups in total. The lowest BCUT2D eigenvalue weighted by atomic mass is 9.85. The predicted octanol–water partition coefficient (Wildman–Crippen LogP) is 16.1. The van der Waals surface area contributed by atoms with Gasteiger partial charge in [-0.25, -0.2) is 44.7 Å². The molecule has 0 radical (unpaired) electrons. The zero-order valence-corrected chi connectivity index (χ0v) is 71.8. The summed E-state index contributed by atoms with van der Waals surface area (Å²) in [5, 5.41) is 27.7. The van der Waals surface area contributed by atoms with Gasteiger partial charge in [0.25, 0.3) is 22.2 Å². The number of aromatic nitrogens is 16. The van der Waals surface area contributed by atoms with Crippen molar-refractivity contribution in [3.05, 3.63) is 264 Å². The van der Waals surface area contributed by atoms with Crippen LogP contribution in [0.25, 0.3) is 141 Å². The Bertz CT molecular complexity index is 7050. The number of rotatable bonds is 29. The molecule has 0 bridgehead atoms. The van der Waals surface area contributed by atoms with Crippen molar-refractivity contribution in [2.24, 2.45) is 17.3 Å². The second kappa shape index (κ2) is 40.5. The molecule has 0 aliphatic rings. The van der Waals surface area contributed by atoms with Crippen molar-refractivity contribution in [2.45, 2.75) is 94.9 Å². The molecule has 32 heteroatoms. The van der Waals surface area contributed by atoms with Crippen LogP contribution in [0.3, 0.4) is 0 Å². The van der Waals surface area contributed by atoms with Crippen LogP contribution in [0.2, 0.25) is 0 Å². The molecule has 0 aliphatic carbocycles. The zero-order chi connectivity index (χ0) is 90.9. The Balaban J connectivity index is 0.000000146. The summed E-state index contributed by atoms with van der Waals surface area (Å²) in [4.78, 5) is 152. The molecule has 0 spiro atoms. The minimum atomic E-state index is -0.955. The normalized spacial score (nSPS) is 11.8. The molecule has 8 aromatic carbocycles. The first-order valence-corrected chi connectivity index (χ1v) is 41.5. The Morgan fingerprint density at radius 1 is 0.398 bits per heavy atom. The van der Waals surface area contributed by atoms with E-state index in [-0.39, 0.29) is 33.8 Å². The molecular formula is C96H94N16O16. The van der Waals surface area contributed by atoms with Crippen molar-refractivity contribution in [3.8, 4) is 113 Å². The van der Waals surface area contributed by atoms with Crippen molar-refractivity contribution in [1.82, 2.24) is 79.7 Å². The number of carboxylic acids is 3. The van der Waals surface area contributed by atoms with Crippen LogP contribution in [-0.2, 0) is 43.2 Å². The van der Waals surface area contributed by atoms with E-state index in [0.29, 0.717) is 172 Å². The van der Waals surface area contributed by atoms with E-state index in [1.165, 1.54) is 25.3 Å². The van der Waals surface area contributed by atoms with E-state index in [9.17, 15) is 48.6 Å². The number of aliphatic carboxylic acids is 3. The van der Waals surface area contributed by atoms with E-state index in [2.05, 4.69) is 85.8 Å². The first-order valence-electron chi connectivity index (χ1n) is 41.5. The Kier molecular flexibility index (Phi) is 28.4.